The fourth-order valence-electron chi connectivity index (χ4n) is 3.95. The van der Waals surface area contributed by atoms with Crippen LogP contribution in [0.1, 0.15) is 23.0 Å². The van der Waals surface area contributed by atoms with E-state index in [1.54, 1.807) is 13.2 Å². The van der Waals surface area contributed by atoms with Crippen LogP contribution in [0.5, 0.6) is 0 Å². The molecule has 4 rings (SSSR count). The summed E-state index contributed by atoms with van der Waals surface area (Å²) < 4.78 is 21.3. The normalized spacial score (nSPS) is 16.0. The number of aromatic nitrogens is 4. The number of benzene rings is 2. The average Bonchev–Trinajstić information content (AvgIpc) is 3.23. The largest absolute Gasteiger partial charge is 0.383 e. The van der Waals surface area contributed by atoms with Gasteiger partial charge in [-0.15, -0.1) is 5.10 Å². The van der Waals surface area contributed by atoms with Crippen molar-refractivity contribution in [3.63, 3.8) is 0 Å². The second-order valence-corrected chi connectivity index (χ2v) is 7.54. The van der Waals surface area contributed by atoms with E-state index in [4.69, 9.17) is 4.74 Å². The van der Waals surface area contributed by atoms with Gasteiger partial charge in [-0.2, -0.15) is 0 Å². The minimum atomic E-state index is -0.176. The molecular formula is C22H27FN6O. The molecule has 1 saturated heterocycles. The van der Waals surface area contributed by atoms with E-state index in [0.717, 1.165) is 37.6 Å². The van der Waals surface area contributed by atoms with Gasteiger partial charge in [0.05, 0.1) is 24.9 Å². The zero-order valence-corrected chi connectivity index (χ0v) is 17.4. The molecule has 0 N–H and O–H groups in total. The van der Waals surface area contributed by atoms with Crippen molar-refractivity contribution in [3.05, 3.63) is 71.3 Å². The van der Waals surface area contributed by atoms with Crippen molar-refractivity contribution in [2.24, 2.45) is 0 Å². The summed E-state index contributed by atoms with van der Waals surface area (Å²) in [5.74, 6) is 0.625. The quantitative estimate of drug-likeness (QED) is 0.597. The third-order valence-electron chi connectivity index (χ3n) is 5.58. The molecule has 0 amide bonds. The summed E-state index contributed by atoms with van der Waals surface area (Å²) in [4.78, 5) is 4.48. The number of para-hydroxylation sites is 1. The lowest BCUT2D eigenvalue weighted by atomic mass is 10.0. The van der Waals surface area contributed by atoms with Gasteiger partial charge in [0.1, 0.15) is 5.82 Å². The Morgan fingerprint density at radius 1 is 1.03 bits per heavy atom. The number of rotatable bonds is 7. The number of nitrogens with zero attached hydrogens (tertiary/aromatic N) is 6. The number of halogens is 1. The Labute approximate surface area is 176 Å². The van der Waals surface area contributed by atoms with Crippen molar-refractivity contribution in [1.82, 2.24) is 25.1 Å². The van der Waals surface area contributed by atoms with Crippen molar-refractivity contribution in [2.75, 3.05) is 44.8 Å². The van der Waals surface area contributed by atoms with E-state index < -0.39 is 0 Å². The van der Waals surface area contributed by atoms with Crippen molar-refractivity contribution in [2.45, 2.75) is 19.5 Å². The summed E-state index contributed by atoms with van der Waals surface area (Å²) in [6.45, 7) is 6.25. The fraction of sp³-hybridized carbons (Fsp3) is 0.409. The summed E-state index contributed by atoms with van der Waals surface area (Å²) in [6, 6.07) is 15.4. The average molecular weight is 410 g/mol. The highest BCUT2D eigenvalue weighted by molar-refractivity contribution is 5.48. The lowest BCUT2D eigenvalue weighted by Gasteiger charge is -2.40. The monoisotopic (exact) mass is 410 g/mol. The number of methoxy groups -OCH3 is 1. The van der Waals surface area contributed by atoms with Crippen LogP contribution in [0.2, 0.25) is 0 Å². The van der Waals surface area contributed by atoms with E-state index in [2.05, 4.69) is 56.5 Å². The van der Waals surface area contributed by atoms with E-state index in [9.17, 15) is 4.39 Å². The minimum Gasteiger partial charge on any atom is -0.383 e. The first kappa shape index (κ1) is 20.4. The predicted molar refractivity (Wildman–Crippen MR) is 113 cm³/mol. The van der Waals surface area contributed by atoms with Crippen LogP contribution in [0.4, 0.5) is 10.1 Å². The van der Waals surface area contributed by atoms with E-state index in [-0.39, 0.29) is 11.9 Å². The molecular weight excluding hydrogens is 383 g/mol. The molecule has 30 heavy (non-hydrogen) atoms. The molecule has 0 spiro atoms. The molecule has 2 heterocycles. The van der Waals surface area contributed by atoms with E-state index >= 15 is 0 Å². The third kappa shape index (κ3) is 4.34. The topological polar surface area (TPSA) is 59.3 Å². The van der Waals surface area contributed by atoms with Crippen LogP contribution in [0.15, 0.2) is 48.5 Å². The number of hydrogen-bond donors (Lipinski definition) is 0. The van der Waals surface area contributed by atoms with Gasteiger partial charge in [-0.3, -0.25) is 4.90 Å². The molecule has 0 saturated carbocycles. The summed E-state index contributed by atoms with van der Waals surface area (Å²) in [5.41, 5.74) is 3.02. The molecule has 1 aliphatic heterocycles. The molecule has 1 aromatic heterocycles. The van der Waals surface area contributed by atoms with Gasteiger partial charge in [-0.05, 0) is 35.0 Å². The van der Waals surface area contributed by atoms with Gasteiger partial charge in [0.25, 0.3) is 0 Å². The first-order valence-electron chi connectivity index (χ1n) is 10.2. The van der Waals surface area contributed by atoms with Crippen LogP contribution in [-0.4, -0.2) is 65.0 Å². The van der Waals surface area contributed by atoms with Gasteiger partial charge in [-0.1, -0.05) is 42.0 Å². The molecule has 8 heteroatoms. The van der Waals surface area contributed by atoms with Gasteiger partial charge in [0.2, 0.25) is 0 Å². The molecule has 0 bridgehead atoms. The number of piperazine rings is 1. The van der Waals surface area contributed by atoms with E-state index in [1.165, 1.54) is 11.6 Å². The maximum Gasteiger partial charge on any atom is 0.173 e. The number of hydrogen-bond acceptors (Lipinski definition) is 6. The smallest absolute Gasteiger partial charge is 0.173 e. The molecule has 0 aliphatic carbocycles. The Kier molecular flexibility index (Phi) is 6.35. The second kappa shape index (κ2) is 9.32. The van der Waals surface area contributed by atoms with Crippen molar-refractivity contribution < 1.29 is 9.13 Å². The maximum absolute atomic E-state index is 14.2. The zero-order valence-electron chi connectivity index (χ0n) is 17.4. The predicted octanol–water partition coefficient (Wildman–Crippen LogP) is 2.68. The third-order valence-corrected chi connectivity index (χ3v) is 5.58. The standard InChI is InChI=1S/C22H27FN6O/c1-17-7-9-18(10-8-17)21(22-24-25-26-29(22)15-16-30-2)28-13-11-27(12-14-28)20-6-4-3-5-19(20)23/h3-10,21H,11-16H2,1-2H3/t21-/m1/s1. The highest BCUT2D eigenvalue weighted by Gasteiger charge is 2.31. The van der Waals surface area contributed by atoms with Crippen LogP contribution in [0.25, 0.3) is 0 Å². The van der Waals surface area contributed by atoms with Gasteiger partial charge < -0.3 is 9.64 Å². The van der Waals surface area contributed by atoms with Gasteiger partial charge >= 0.3 is 0 Å². The fourth-order valence-corrected chi connectivity index (χ4v) is 3.95. The molecule has 0 unspecified atom stereocenters. The Morgan fingerprint density at radius 2 is 1.77 bits per heavy atom. The van der Waals surface area contributed by atoms with Crippen molar-refractivity contribution in [1.29, 1.82) is 0 Å². The van der Waals surface area contributed by atoms with Crippen LogP contribution in [0.3, 0.4) is 0 Å². The maximum atomic E-state index is 14.2. The van der Waals surface area contributed by atoms with Crippen LogP contribution >= 0.6 is 0 Å². The molecule has 2 aromatic carbocycles. The van der Waals surface area contributed by atoms with E-state index in [0.29, 0.717) is 18.8 Å². The SMILES string of the molecule is COCCn1nnnc1[C@@H](c1ccc(C)cc1)N1CCN(c2ccccc2F)CC1. The van der Waals surface area contributed by atoms with Gasteiger partial charge in [0, 0.05) is 33.3 Å². The van der Waals surface area contributed by atoms with Crippen LogP contribution in [0, 0.1) is 12.7 Å². The summed E-state index contributed by atoms with van der Waals surface area (Å²) >= 11 is 0. The van der Waals surface area contributed by atoms with Crippen molar-refractivity contribution in [3.8, 4) is 0 Å². The highest BCUT2D eigenvalue weighted by atomic mass is 19.1. The Hall–Kier alpha value is -2.84. The molecule has 0 radical (unpaired) electrons. The Bertz CT molecular complexity index is 952. The summed E-state index contributed by atoms with van der Waals surface area (Å²) in [5, 5.41) is 12.5. The molecule has 1 fully saturated rings. The summed E-state index contributed by atoms with van der Waals surface area (Å²) in [6.07, 6.45) is 0. The lowest BCUT2D eigenvalue weighted by molar-refractivity contribution is 0.171. The minimum absolute atomic E-state index is 0.0692. The number of aryl methyl sites for hydroxylation is 1. The van der Waals surface area contributed by atoms with Crippen LogP contribution in [-0.2, 0) is 11.3 Å². The molecule has 158 valence electrons. The van der Waals surface area contributed by atoms with E-state index in [1.807, 2.05) is 16.8 Å². The number of anilines is 1. The number of tetrazole rings is 1. The molecule has 1 aliphatic rings. The second-order valence-electron chi connectivity index (χ2n) is 7.54. The zero-order chi connectivity index (χ0) is 20.9. The van der Waals surface area contributed by atoms with Gasteiger partial charge in [-0.25, -0.2) is 9.07 Å². The highest BCUT2D eigenvalue weighted by Crippen LogP contribution is 2.30. The Balaban J connectivity index is 1.59. The van der Waals surface area contributed by atoms with Gasteiger partial charge in [0.15, 0.2) is 5.82 Å². The lowest BCUT2D eigenvalue weighted by Crippen LogP contribution is -2.48. The summed E-state index contributed by atoms with van der Waals surface area (Å²) in [7, 11) is 1.67. The first-order valence-corrected chi connectivity index (χ1v) is 10.2. The molecule has 1 atom stereocenters. The number of ether oxygens (including phenoxy) is 1. The van der Waals surface area contributed by atoms with Crippen LogP contribution < -0.4 is 4.90 Å². The Morgan fingerprint density at radius 3 is 2.47 bits per heavy atom. The molecule has 7 nitrogen and oxygen atoms in total. The van der Waals surface area contributed by atoms with Crippen molar-refractivity contribution >= 4 is 5.69 Å². The first-order chi connectivity index (χ1) is 14.7. The molecule has 3 aromatic rings.